The molecule has 1 saturated carbocycles. The van der Waals surface area contributed by atoms with Crippen LogP contribution in [0.25, 0.3) is 0 Å². The minimum atomic E-state index is -4.48. The predicted octanol–water partition coefficient (Wildman–Crippen LogP) is 4.74. The molecule has 1 heterocycles. The molecule has 1 N–H and O–H groups in total. The molecule has 1 saturated heterocycles. The van der Waals surface area contributed by atoms with Crippen LogP contribution in [0.3, 0.4) is 0 Å². The van der Waals surface area contributed by atoms with Crippen LogP contribution in [-0.2, 0) is 11.0 Å². The molecular weight excluding hydrogens is 429 g/mol. The number of alkyl halides is 3. The van der Waals surface area contributed by atoms with Gasteiger partial charge in [0.25, 0.3) is 5.91 Å². The summed E-state index contributed by atoms with van der Waals surface area (Å²) in [5, 5.41) is 3.33. The first kappa shape index (κ1) is 21.7. The molecule has 2 amide bonds. The second-order valence-corrected chi connectivity index (χ2v) is 8.68. The molecular formula is C23H22ClF3N2O2. The number of amides is 2. The van der Waals surface area contributed by atoms with Crippen molar-refractivity contribution in [1.82, 2.24) is 10.2 Å². The zero-order chi connectivity index (χ0) is 22.2. The largest absolute Gasteiger partial charge is 0.416 e. The van der Waals surface area contributed by atoms with Gasteiger partial charge in [-0.15, -0.1) is 0 Å². The fourth-order valence-corrected chi connectivity index (χ4v) is 4.21. The Morgan fingerprint density at radius 1 is 1.06 bits per heavy atom. The number of nitrogens with zero attached hydrogens (tertiary/aromatic N) is 1. The van der Waals surface area contributed by atoms with Crippen molar-refractivity contribution >= 4 is 23.4 Å². The summed E-state index contributed by atoms with van der Waals surface area (Å²) in [7, 11) is 0. The first-order valence-electron chi connectivity index (χ1n) is 10.2. The van der Waals surface area contributed by atoms with Gasteiger partial charge in [0.05, 0.1) is 11.5 Å². The molecule has 2 aliphatic rings. The Labute approximate surface area is 183 Å². The molecule has 2 atom stereocenters. The maximum absolute atomic E-state index is 13.2. The average molecular weight is 451 g/mol. The number of likely N-dealkylation sites (tertiary alicyclic amines) is 1. The quantitative estimate of drug-likeness (QED) is 0.715. The summed E-state index contributed by atoms with van der Waals surface area (Å²) >= 11 is 5.99. The standard InChI is InChI=1S/C23H22ClF3N2O2/c24-18-6-2-4-16(10-18)22(31)29-12-19(15-3-1-5-17(9-15)23(25,26)27)20(13-29)21(30)28-11-14-7-8-14/h1-6,9-10,14,19-20H,7-8,11-13H2,(H,28,30)/t19-,20+/m1/s1. The molecule has 0 bridgehead atoms. The molecule has 2 aromatic rings. The van der Waals surface area contributed by atoms with E-state index in [1.807, 2.05) is 0 Å². The van der Waals surface area contributed by atoms with Crippen molar-refractivity contribution in [2.24, 2.45) is 11.8 Å². The summed E-state index contributed by atoms with van der Waals surface area (Å²) < 4.78 is 39.7. The molecule has 164 valence electrons. The van der Waals surface area contributed by atoms with Crippen LogP contribution in [0.2, 0.25) is 5.02 Å². The lowest BCUT2D eigenvalue weighted by atomic mass is 9.87. The van der Waals surface area contributed by atoms with Gasteiger partial charge in [0.15, 0.2) is 0 Å². The Morgan fingerprint density at radius 2 is 1.81 bits per heavy atom. The molecule has 0 aromatic heterocycles. The third kappa shape index (κ3) is 5.03. The van der Waals surface area contributed by atoms with Crippen LogP contribution in [0, 0.1) is 11.8 Å². The lowest BCUT2D eigenvalue weighted by Crippen LogP contribution is -2.36. The number of hydrogen-bond acceptors (Lipinski definition) is 2. The number of rotatable bonds is 5. The minimum Gasteiger partial charge on any atom is -0.356 e. The van der Waals surface area contributed by atoms with Crippen LogP contribution in [-0.4, -0.2) is 36.3 Å². The summed E-state index contributed by atoms with van der Waals surface area (Å²) in [6, 6.07) is 11.5. The molecule has 1 aliphatic carbocycles. The van der Waals surface area contributed by atoms with Crippen molar-refractivity contribution in [2.45, 2.75) is 24.9 Å². The van der Waals surface area contributed by atoms with Crippen molar-refractivity contribution in [3.63, 3.8) is 0 Å². The molecule has 0 unspecified atom stereocenters. The summed E-state index contributed by atoms with van der Waals surface area (Å²) in [5.74, 6) is -1.19. The fourth-order valence-electron chi connectivity index (χ4n) is 4.02. The summed E-state index contributed by atoms with van der Waals surface area (Å²) in [6.07, 6.45) is -2.34. The van der Waals surface area contributed by atoms with Gasteiger partial charge in [0.2, 0.25) is 5.91 Å². The molecule has 0 radical (unpaired) electrons. The van der Waals surface area contributed by atoms with Crippen molar-refractivity contribution < 1.29 is 22.8 Å². The number of carbonyl (C=O) groups excluding carboxylic acids is 2. The third-order valence-electron chi connectivity index (χ3n) is 5.92. The third-order valence-corrected chi connectivity index (χ3v) is 6.15. The van der Waals surface area contributed by atoms with E-state index in [0.29, 0.717) is 28.6 Å². The van der Waals surface area contributed by atoms with E-state index in [1.54, 1.807) is 30.3 Å². The molecule has 4 nitrogen and oxygen atoms in total. The highest BCUT2D eigenvalue weighted by Gasteiger charge is 2.42. The first-order chi connectivity index (χ1) is 14.7. The van der Waals surface area contributed by atoms with Crippen LogP contribution in [0.5, 0.6) is 0 Å². The van der Waals surface area contributed by atoms with Gasteiger partial charge in [-0.2, -0.15) is 13.2 Å². The SMILES string of the molecule is O=C(NCC1CC1)[C@H]1CN(C(=O)c2cccc(Cl)c2)C[C@@H]1c1cccc(C(F)(F)F)c1. The van der Waals surface area contributed by atoms with Crippen LogP contribution in [0.1, 0.15) is 40.2 Å². The van der Waals surface area contributed by atoms with E-state index in [2.05, 4.69) is 5.32 Å². The van der Waals surface area contributed by atoms with E-state index in [-0.39, 0.29) is 24.9 Å². The molecule has 4 rings (SSSR count). The normalized spacial score (nSPS) is 21.2. The van der Waals surface area contributed by atoms with Gasteiger partial charge in [-0.1, -0.05) is 35.9 Å². The number of halogens is 4. The second-order valence-electron chi connectivity index (χ2n) is 8.25. The smallest absolute Gasteiger partial charge is 0.356 e. The summed E-state index contributed by atoms with van der Waals surface area (Å²) in [6.45, 7) is 0.865. The highest BCUT2D eigenvalue weighted by molar-refractivity contribution is 6.30. The highest BCUT2D eigenvalue weighted by Crippen LogP contribution is 2.37. The fraction of sp³-hybridized carbons (Fsp3) is 0.391. The maximum Gasteiger partial charge on any atom is 0.416 e. The molecule has 2 aromatic carbocycles. The summed E-state index contributed by atoms with van der Waals surface area (Å²) in [5.41, 5.74) is 0.0267. The van der Waals surface area contributed by atoms with Crippen LogP contribution in [0.15, 0.2) is 48.5 Å². The Morgan fingerprint density at radius 3 is 2.48 bits per heavy atom. The van der Waals surface area contributed by atoms with Crippen LogP contribution >= 0.6 is 11.6 Å². The Bertz CT molecular complexity index is 991. The van der Waals surface area contributed by atoms with Crippen molar-refractivity contribution in [1.29, 1.82) is 0 Å². The molecule has 1 aliphatic heterocycles. The van der Waals surface area contributed by atoms with Crippen LogP contribution < -0.4 is 5.32 Å². The molecule has 31 heavy (non-hydrogen) atoms. The van der Waals surface area contributed by atoms with Gasteiger partial charge in [-0.3, -0.25) is 9.59 Å². The number of nitrogens with one attached hydrogen (secondary N) is 1. The lowest BCUT2D eigenvalue weighted by molar-refractivity contribution is -0.137. The Balaban J connectivity index is 1.60. The van der Waals surface area contributed by atoms with Gasteiger partial charge in [0, 0.05) is 36.1 Å². The predicted molar refractivity (Wildman–Crippen MR) is 111 cm³/mol. The first-order valence-corrected chi connectivity index (χ1v) is 10.6. The zero-order valence-corrected chi connectivity index (χ0v) is 17.4. The molecule has 0 spiro atoms. The lowest BCUT2D eigenvalue weighted by Gasteiger charge is -2.19. The average Bonchev–Trinajstić information content (AvgIpc) is 3.46. The van der Waals surface area contributed by atoms with Gasteiger partial charge in [-0.25, -0.2) is 0 Å². The molecule has 2 fully saturated rings. The van der Waals surface area contributed by atoms with Gasteiger partial charge >= 0.3 is 6.18 Å². The van der Waals surface area contributed by atoms with Crippen LogP contribution in [0.4, 0.5) is 13.2 Å². The van der Waals surface area contributed by atoms with Crippen molar-refractivity contribution in [3.8, 4) is 0 Å². The highest BCUT2D eigenvalue weighted by atomic mass is 35.5. The van der Waals surface area contributed by atoms with Gasteiger partial charge < -0.3 is 10.2 Å². The van der Waals surface area contributed by atoms with E-state index in [4.69, 9.17) is 11.6 Å². The maximum atomic E-state index is 13.2. The zero-order valence-electron chi connectivity index (χ0n) is 16.7. The monoisotopic (exact) mass is 450 g/mol. The second kappa shape index (κ2) is 8.54. The molecule has 8 heteroatoms. The van der Waals surface area contributed by atoms with E-state index in [9.17, 15) is 22.8 Å². The van der Waals surface area contributed by atoms with Gasteiger partial charge in [0.1, 0.15) is 0 Å². The van der Waals surface area contributed by atoms with E-state index < -0.39 is 23.6 Å². The topological polar surface area (TPSA) is 49.4 Å². The Hall–Kier alpha value is -2.54. The summed E-state index contributed by atoms with van der Waals surface area (Å²) in [4.78, 5) is 27.4. The van der Waals surface area contributed by atoms with Gasteiger partial charge in [-0.05, 0) is 48.6 Å². The van der Waals surface area contributed by atoms with E-state index in [0.717, 1.165) is 25.0 Å². The number of benzene rings is 2. The van der Waals surface area contributed by atoms with Crippen molar-refractivity contribution in [2.75, 3.05) is 19.6 Å². The van der Waals surface area contributed by atoms with E-state index >= 15 is 0 Å². The number of hydrogen-bond donors (Lipinski definition) is 1. The van der Waals surface area contributed by atoms with E-state index in [1.165, 1.54) is 11.0 Å². The Kier molecular flexibility index (Phi) is 5.97. The minimum absolute atomic E-state index is 0.142. The number of carbonyl (C=O) groups is 2. The van der Waals surface area contributed by atoms with Crippen molar-refractivity contribution in [3.05, 3.63) is 70.2 Å².